The minimum absolute atomic E-state index is 0.889. The lowest BCUT2D eigenvalue weighted by molar-refractivity contribution is 1.15. The first-order valence-corrected chi connectivity index (χ1v) is 5.58. The van der Waals surface area contributed by atoms with Gasteiger partial charge in [0.15, 0.2) is 0 Å². The Balaban J connectivity index is 2.46. The number of hydrogen-bond acceptors (Lipinski definition) is 1. The summed E-state index contributed by atoms with van der Waals surface area (Å²) in [6.07, 6.45) is 0.969. The molecule has 2 heteroatoms. The van der Waals surface area contributed by atoms with E-state index in [1.54, 1.807) is 0 Å². The monoisotopic (exact) mass is 210 g/mol. The molecule has 2 nitrogen and oxygen atoms in total. The number of H-pyrrole nitrogens is 1. The maximum atomic E-state index is 6.03. The Kier molecular flexibility index (Phi) is 1.90. The van der Waals surface area contributed by atoms with Crippen LogP contribution in [-0.2, 0) is 6.42 Å². The van der Waals surface area contributed by atoms with Crippen molar-refractivity contribution in [2.24, 2.45) is 0 Å². The predicted molar refractivity (Wildman–Crippen MR) is 69.6 cm³/mol. The number of para-hydroxylation sites is 1. The number of nitrogen functional groups attached to an aromatic ring is 1. The summed E-state index contributed by atoms with van der Waals surface area (Å²) in [6.45, 7) is 2.13. The van der Waals surface area contributed by atoms with Gasteiger partial charge in [-0.15, -0.1) is 0 Å². The zero-order valence-corrected chi connectivity index (χ0v) is 9.25. The maximum absolute atomic E-state index is 6.03. The van der Waals surface area contributed by atoms with Crippen molar-refractivity contribution in [3.8, 4) is 0 Å². The third-order valence-corrected chi connectivity index (χ3v) is 3.15. The van der Waals surface area contributed by atoms with E-state index >= 15 is 0 Å². The van der Waals surface area contributed by atoms with Gasteiger partial charge in [-0.3, -0.25) is 0 Å². The van der Waals surface area contributed by atoms with Crippen LogP contribution >= 0.6 is 0 Å². The van der Waals surface area contributed by atoms with E-state index in [-0.39, 0.29) is 0 Å². The molecule has 0 atom stereocenters. The van der Waals surface area contributed by atoms with E-state index in [2.05, 4.69) is 42.2 Å². The van der Waals surface area contributed by atoms with Gasteiger partial charge in [0.05, 0.1) is 0 Å². The molecule has 0 spiro atoms. The maximum Gasteiger partial charge on any atom is 0.0469 e. The number of nitrogens with two attached hydrogens (primary N) is 1. The molecule has 1 heterocycles. The fraction of sp³-hybridized carbons (Fsp3) is 0.143. The zero-order chi connectivity index (χ0) is 11.1. The molecule has 2 aromatic carbocycles. The highest BCUT2D eigenvalue weighted by atomic mass is 14.7. The van der Waals surface area contributed by atoms with Gasteiger partial charge < -0.3 is 10.7 Å². The number of aromatic amines is 1. The van der Waals surface area contributed by atoms with Crippen molar-refractivity contribution in [2.75, 3.05) is 5.73 Å². The molecule has 80 valence electrons. The quantitative estimate of drug-likeness (QED) is 0.593. The summed E-state index contributed by atoms with van der Waals surface area (Å²) in [5, 5.41) is 2.46. The second-order valence-electron chi connectivity index (χ2n) is 4.12. The first-order valence-electron chi connectivity index (χ1n) is 5.58. The van der Waals surface area contributed by atoms with Crippen LogP contribution in [0.2, 0.25) is 0 Å². The highest BCUT2D eigenvalue weighted by Gasteiger charge is 2.06. The van der Waals surface area contributed by atoms with Gasteiger partial charge in [0.25, 0.3) is 0 Å². The lowest BCUT2D eigenvalue weighted by Crippen LogP contribution is -1.92. The number of anilines is 1. The van der Waals surface area contributed by atoms with Crippen molar-refractivity contribution >= 4 is 27.5 Å². The van der Waals surface area contributed by atoms with Crippen LogP contribution in [-0.4, -0.2) is 4.98 Å². The zero-order valence-electron chi connectivity index (χ0n) is 9.25. The van der Waals surface area contributed by atoms with E-state index in [0.717, 1.165) is 12.1 Å². The van der Waals surface area contributed by atoms with E-state index in [0.29, 0.717) is 0 Å². The fourth-order valence-electron chi connectivity index (χ4n) is 2.27. The van der Waals surface area contributed by atoms with Gasteiger partial charge in [-0.1, -0.05) is 25.1 Å². The molecule has 0 bridgehead atoms. The minimum Gasteiger partial charge on any atom is -0.398 e. The first-order chi connectivity index (χ1) is 7.79. The highest BCUT2D eigenvalue weighted by Crippen LogP contribution is 2.29. The second kappa shape index (κ2) is 3.27. The summed E-state index contributed by atoms with van der Waals surface area (Å²) in [5.41, 5.74) is 10.5. The summed E-state index contributed by atoms with van der Waals surface area (Å²) < 4.78 is 0. The van der Waals surface area contributed by atoms with Crippen LogP contribution < -0.4 is 5.73 Å². The molecular formula is C14H14N2. The van der Waals surface area contributed by atoms with E-state index in [9.17, 15) is 0 Å². The summed E-state index contributed by atoms with van der Waals surface area (Å²) in [5.74, 6) is 0. The smallest absolute Gasteiger partial charge is 0.0469 e. The molecule has 0 saturated carbocycles. The Morgan fingerprint density at radius 3 is 2.69 bits per heavy atom. The lowest BCUT2D eigenvalue weighted by atomic mass is 10.1. The van der Waals surface area contributed by atoms with E-state index in [4.69, 9.17) is 5.73 Å². The number of aromatic nitrogens is 1. The van der Waals surface area contributed by atoms with Crippen LogP contribution in [0.25, 0.3) is 21.8 Å². The molecule has 3 aromatic rings. The van der Waals surface area contributed by atoms with Gasteiger partial charge in [-0.25, -0.2) is 0 Å². The molecule has 0 aliphatic rings. The van der Waals surface area contributed by atoms with Crippen molar-refractivity contribution in [1.82, 2.24) is 4.98 Å². The SMILES string of the molecule is CCc1cc2[nH]c3ccccc3c2cc1N. The van der Waals surface area contributed by atoms with Crippen LogP contribution in [0.3, 0.4) is 0 Å². The van der Waals surface area contributed by atoms with Crippen LogP contribution in [0.15, 0.2) is 36.4 Å². The standard InChI is InChI=1S/C14H14N2/c1-2-9-7-14-11(8-12(9)15)10-5-3-4-6-13(10)16-14/h3-8,16H,2,15H2,1H3. The summed E-state index contributed by atoms with van der Waals surface area (Å²) >= 11 is 0. The molecule has 3 N–H and O–H groups in total. The normalized spacial score (nSPS) is 11.3. The molecule has 0 amide bonds. The van der Waals surface area contributed by atoms with Gasteiger partial charge in [-0.2, -0.15) is 0 Å². The molecule has 16 heavy (non-hydrogen) atoms. The molecule has 0 radical (unpaired) electrons. The van der Waals surface area contributed by atoms with Gasteiger partial charge in [0, 0.05) is 27.5 Å². The van der Waals surface area contributed by atoms with Crippen molar-refractivity contribution in [3.05, 3.63) is 42.0 Å². The lowest BCUT2D eigenvalue weighted by Gasteiger charge is -2.02. The average molecular weight is 210 g/mol. The molecular weight excluding hydrogens is 196 g/mol. The molecule has 0 fully saturated rings. The summed E-state index contributed by atoms with van der Waals surface area (Å²) in [6, 6.07) is 12.6. The Labute approximate surface area is 94.1 Å². The fourth-order valence-corrected chi connectivity index (χ4v) is 2.27. The molecule has 0 unspecified atom stereocenters. The Morgan fingerprint density at radius 1 is 1.06 bits per heavy atom. The van der Waals surface area contributed by atoms with Crippen molar-refractivity contribution in [2.45, 2.75) is 13.3 Å². The number of fused-ring (bicyclic) bond motifs is 3. The number of hydrogen-bond donors (Lipinski definition) is 2. The molecule has 0 saturated heterocycles. The molecule has 0 aliphatic heterocycles. The van der Waals surface area contributed by atoms with Crippen LogP contribution in [0.5, 0.6) is 0 Å². The van der Waals surface area contributed by atoms with Crippen LogP contribution in [0.1, 0.15) is 12.5 Å². The Bertz CT molecular complexity index is 665. The highest BCUT2D eigenvalue weighted by molar-refractivity contribution is 6.08. The third-order valence-electron chi connectivity index (χ3n) is 3.15. The number of benzene rings is 2. The minimum atomic E-state index is 0.889. The Morgan fingerprint density at radius 2 is 1.88 bits per heavy atom. The third kappa shape index (κ3) is 1.20. The number of rotatable bonds is 1. The molecule has 3 rings (SSSR count). The van der Waals surface area contributed by atoms with Gasteiger partial charge in [0.1, 0.15) is 0 Å². The summed E-state index contributed by atoms with van der Waals surface area (Å²) in [4.78, 5) is 3.42. The van der Waals surface area contributed by atoms with Gasteiger partial charge in [-0.05, 0) is 30.2 Å². The summed E-state index contributed by atoms with van der Waals surface area (Å²) in [7, 11) is 0. The second-order valence-corrected chi connectivity index (χ2v) is 4.12. The van der Waals surface area contributed by atoms with Crippen molar-refractivity contribution in [3.63, 3.8) is 0 Å². The van der Waals surface area contributed by atoms with Crippen LogP contribution in [0, 0.1) is 0 Å². The Hall–Kier alpha value is -1.96. The number of nitrogens with one attached hydrogen (secondary N) is 1. The van der Waals surface area contributed by atoms with E-state index in [1.807, 2.05) is 6.07 Å². The van der Waals surface area contributed by atoms with Gasteiger partial charge >= 0.3 is 0 Å². The van der Waals surface area contributed by atoms with Crippen LogP contribution in [0.4, 0.5) is 5.69 Å². The van der Waals surface area contributed by atoms with E-state index < -0.39 is 0 Å². The number of aryl methyl sites for hydroxylation is 1. The first kappa shape index (κ1) is 9.28. The largest absolute Gasteiger partial charge is 0.398 e. The average Bonchev–Trinajstić information content (AvgIpc) is 2.66. The predicted octanol–water partition coefficient (Wildman–Crippen LogP) is 3.47. The van der Waals surface area contributed by atoms with Crippen molar-refractivity contribution < 1.29 is 0 Å². The topological polar surface area (TPSA) is 41.8 Å². The van der Waals surface area contributed by atoms with Crippen molar-refractivity contribution in [1.29, 1.82) is 0 Å². The van der Waals surface area contributed by atoms with E-state index in [1.165, 1.54) is 27.4 Å². The molecule has 0 aliphatic carbocycles. The molecule has 1 aromatic heterocycles. The van der Waals surface area contributed by atoms with Gasteiger partial charge in [0.2, 0.25) is 0 Å².